The molecule has 0 amide bonds. The molecule has 0 aliphatic carbocycles. The first kappa shape index (κ1) is 25.4. The van der Waals surface area contributed by atoms with Crippen LogP contribution in [0.1, 0.15) is 25.3 Å². The van der Waals surface area contributed by atoms with Crippen LogP contribution in [-0.4, -0.2) is 53.0 Å². The van der Waals surface area contributed by atoms with Gasteiger partial charge in [0.1, 0.15) is 5.75 Å². The number of ether oxygens (including phenoxy) is 3. The number of guanidine groups is 1. The van der Waals surface area contributed by atoms with Gasteiger partial charge in [-0.05, 0) is 43.3 Å². The van der Waals surface area contributed by atoms with E-state index in [0.717, 1.165) is 49.7 Å². The van der Waals surface area contributed by atoms with Gasteiger partial charge in [-0.25, -0.2) is 4.99 Å². The Morgan fingerprint density at radius 1 is 1.10 bits per heavy atom. The molecule has 2 heterocycles. The van der Waals surface area contributed by atoms with Crippen LogP contribution in [0.3, 0.4) is 0 Å². The normalized spacial score (nSPS) is 14.6. The molecule has 2 N–H and O–H groups in total. The van der Waals surface area contributed by atoms with Crippen molar-refractivity contribution in [3.63, 3.8) is 0 Å². The Morgan fingerprint density at radius 2 is 1.77 bits per heavy atom. The van der Waals surface area contributed by atoms with Crippen molar-refractivity contribution in [2.24, 2.45) is 4.99 Å². The minimum Gasteiger partial charge on any atom is -0.496 e. The van der Waals surface area contributed by atoms with Crippen molar-refractivity contribution in [3.05, 3.63) is 35.2 Å². The van der Waals surface area contributed by atoms with Crippen LogP contribution in [0.25, 0.3) is 0 Å². The van der Waals surface area contributed by atoms with Gasteiger partial charge >= 0.3 is 0 Å². The number of halogens is 1. The predicted molar refractivity (Wildman–Crippen MR) is 139 cm³/mol. The Bertz CT molecular complexity index is 824. The molecule has 1 aliphatic rings. The van der Waals surface area contributed by atoms with Gasteiger partial charge in [-0.15, -0.1) is 35.3 Å². The van der Waals surface area contributed by atoms with Gasteiger partial charge in [0.05, 0.1) is 32.9 Å². The molecule has 172 valence electrons. The molecule has 1 aromatic heterocycles. The summed E-state index contributed by atoms with van der Waals surface area (Å²) >= 11 is 1.81. The van der Waals surface area contributed by atoms with Crippen LogP contribution in [-0.2, 0) is 6.54 Å². The van der Waals surface area contributed by atoms with Crippen molar-refractivity contribution >= 4 is 46.3 Å². The third-order valence-corrected chi connectivity index (χ3v) is 6.12. The second-order valence-electron chi connectivity index (χ2n) is 7.07. The summed E-state index contributed by atoms with van der Waals surface area (Å²) in [4.78, 5) is 7.25. The molecule has 0 atom stereocenters. The van der Waals surface area contributed by atoms with Crippen molar-refractivity contribution < 1.29 is 14.2 Å². The third kappa shape index (κ3) is 6.80. The molecular formula is C22H33IN4O3S. The highest BCUT2D eigenvalue weighted by Crippen LogP contribution is 2.35. The summed E-state index contributed by atoms with van der Waals surface area (Å²) in [6.07, 6.45) is 2.17. The molecule has 0 spiro atoms. The second-order valence-corrected chi connectivity index (χ2v) is 8.00. The first-order chi connectivity index (χ1) is 14.7. The van der Waals surface area contributed by atoms with Crippen LogP contribution in [0.5, 0.6) is 17.2 Å². The predicted octanol–water partition coefficient (Wildman–Crippen LogP) is 4.12. The molecule has 0 bridgehead atoms. The minimum absolute atomic E-state index is 0. The fourth-order valence-electron chi connectivity index (χ4n) is 3.59. The molecule has 1 aliphatic heterocycles. The number of nitrogens with one attached hydrogen (secondary N) is 2. The van der Waals surface area contributed by atoms with Crippen molar-refractivity contribution in [3.8, 4) is 17.2 Å². The SMILES string of the molecule is CCNC(=NCc1cc(OC)c(OC)cc1OC)NC1CCN(c2cccs2)CC1.I. The van der Waals surface area contributed by atoms with E-state index in [4.69, 9.17) is 19.2 Å². The molecule has 31 heavy (non-hydrogen) atoms. The second kappa shape index (κ2) is 12.8. The van der Waals surface area contributed by atoms with E-state index in [1.165, 1.54) is 5.00 Å². The Kier molecular flexibility index (Phi) is 10.5. The molecule has 1 saturated heterocycles. The van der Waals surface area contributed by atoms with E-state index in [1.54, 1.807) is 32.7 Å². The Labute approximate surface area is 206 Å². The largest absolute Gasteiger partial charge is 0.496 e. The maximum absolute atomic E-state index is 5.53. The monoisotopic (exact) mass is 560 g/mol. The van der Waals surface area contributed by atoms with E-state index < -0.39 is 0 Å². The quantitative estimate of drug-likeness (QED) is 0.288. The zero-order valence-electron chi connectivity index (χ0n) is 18.6. The molecule has 7 nitrogen and oxygen atoms in total. The molecule has 2 aromatic rings. The van der Waals surface area contributed by atoms with Gasteiger partial charge in [0, 0.05) is 37.3 Å². The number of thiophene rings is 1. The van der Waals surface area contributed by atoms with Gasteiger partial charge in [-0.2, -0.15) is 0 Å². The summed E-state index contributed by atoms with van der Waals surface area (Å²) in [5.74, 6) is 2.87. The Hall–Kier alpha value is -1.88. The Balaban J connectivity index is 0.00000341. The highest BCUT2D eigenvalue weighted by molar-refractivity contribution is 14.0. The lowest BCUT2D eigenvalue weighted by molar-refractivity contribution is 0.347. The average molecular weight is 561 g/mol. The standard InChI is InChI=1S/C22H32N4O3S.HI/c1-5-23-22(25-17-8-10-26(11-9-17)21-7-6-12-30-21)24-15-16-13-19(28-3)20(29-4)14-18(16)27-2;/h6-7,12-14,17H,5,8-11,15H2,1-4H3,(H2,23,24,25);1H. The summed E-state index contributed by atoms with van der Waals surface area (Å²) in [5.41, 5.74) is 0.944. The first-order valence-corrected chi connectivity index (χ1v) is 11.2. The number of piperidine rings is 1. The van der Waals surface area contributed by atoms with E-state index in [2.05, 4.69) is 40.0 Å². The van der Waals surface area contributed by atoms with Crippen molar-refractivity contribution in [2.75, 3.05) is 45.9 Å². The zero-order chi connectivity index (χ0) is 21.3. The maximum Gasteiger partial charge on any atom is 0.191 e. The first-order valence-electron chi connectivity index (χ1n) is 10.3. The fourth-order valence-corrected chi connectivity index (χ4v) is 4.37. The van der Waals surface area contributed by atoms with Gasteiger partial charge in [0.2, 0.25) is 0 Å². The highest BCUT2D eigenvalue weighted by atomic mass is 127. The minimum atomic E-state index is 0. The number of methoxy groups -OCH3 is 3. The summed E-state index contributed by atoms with van der Waals surface area (Å²) in [6.45, 7) is 5.48. The van der Waals surface area contributed by atoms with Crippen molar-refractivity contribution in [1.82, 2.24) is 10.6 Å². The lowest BCUT2D eigenvalue weighted by atomic mass is 10.1. The molecular weight excluding hydrogens is 527 g/mol. The molecule has 0 unspecified atom stereocenters. The highest BCUT2D eigenvalue weighted by Gasteiger charge is 2.21. The van der Waals surface area contributed by atoms with Crippen molar-refractivity contribution in [2.45, 2.75) is 32.4 Å². The molecule has 0 saturated carbocycles. The van der Waals surface area contributed by atoms with E-state index in [9.17, 15) is 0 Å². The lowest BCUT2D eigenvalue weighted by Crippen LogP contribution is -2.48. The molecule has 1 fully saturated rings. The van der Waals surface area contributed by atoms with Crippen molar-refractivity contribution in [1.29, 1.82) is 0 Å². The van der Waals surface area contributed by atoms with E-state index >= 15 is 0 Å². The van der Waals surface area contributed by atoms with Gasteiger partial charge in [-0.1, -0.05) is 0 Å². The topological polar surface area (TPSA) is 67.4 Å². The molecule has 1 aromatic carbocycles. The molecule has 0 radical (unpaired) electrons. The van der Waals surface area contributed by atoms with Gasteiger partial charge in [-0.3, -0.25) is 0 Å². The third-order valence-electron chi connectivity index (χ3n) is 5.19. The van der Waals surface area contributed by atoms with Gasteiger partial charge in [0.15, 0.2) is 17.5 Å². The summed E-state index contributed by atoms with van der Waals surface area (Å²) in [7, 11) is 4.90. The van der Waals surface area contributed by atoms with Crippen LogP contribution < -0.4 is 29.7 Å². The smallest absolute Gasteiger partial charge is 0.191 e. The zero-order valence-corrected chi connectivity index (χ0v) is 21.8. The summed E-state index contributed by atoms with van der Waals surface area (Å²) in [5, 5.41) is 10.5. The maximum atomic E-state index is 5.53. The summed E-state index contributed by atoms with van der Waals surface area (Å²) < 4.78 is 16.3. The summed E-state index contributed by atoms with van der Waals surface area (Å²) in [6, 6.07) is 8.48. The average Bonchev–Trinajstić information content (AvgIpc) is 3.32. The fraction of sp³-hybridized carbons (Fsp3) is 0.500. The Morgan fingerprint density at radius 3 is 2.35 bits per heavy atom. The van der Waals surface area contributed by atoms with Crippen LogP contribution in [0.4, 0.5) is 5.00 Å². The van der Waals surface area contributed by atoms with E-state index in [-0.39, 0.29) is 24.0 Å². The van der Waals surface area contributed by atoms with E-state index in [1.807, 2.05) is 12.1 Å². The van der Waals surface area contributed by atoms with Crippen LogP contribution in [0, 0.1) is 0 Å². The van der Waals surface area contributed by atoms with Crippen LogP contribution in [0.15, 0.2) is 34.6 Å². The number of benzene rings is 1. The van der Waals surface area contributed by atoms with Crippen LogP contribution in [0.2, 0.25) is 0 Å². The number of hydrogen-bond acceptors (Lipinski definition) is 6. The van der Waals surface area contributed by atoms with Gasteiger partial charge in [0.25, 0.3) is 0 Å². The number of rotatable bonds is 8. The lowest BCUT2D eigenvalue weighted by Gasteiger charge is -2.33. The number of hydrogen-bond donors (Lipinski definition) is 2. The van der Waals surface area contributed by atoms with E-state index in [0.29, 0.717) is 24.1 Å². The number of aliphatic imine (C=N–C) groups is 1. The van der Waals surface area contributed by atoms with Gasteiger partial charge < -0.3 is 29.7 Å². The van der Waals surface area contributed by atoms with Crippen LogP contribution >= 0.6 is 35.3 Å². The molecule has 3 rings (SSSR count). The number of anilines is 1. The number of nitrogens with zero attached hydrogens (tertiary/aromatic N) is 2. The molecule has 9 heteroatoms.